The van der Waals surface area contributed by atoms with Crippen molar-refractivity contribution in [3.8, 4) is 0 Å². The van der Waals surface area contributed by atoms with Crippen LogP contribution in [0.15, 0.2) is 0 Å². The van der Waals surface area contributed by atoms with E-state index in [1.807, 2.05) is 0 Å². The number of ether oxygens (including phenoxy) is 2. The molecule has 0 saturated carbocycles. The van der Waals surface area contributed by atoms with E-state index in [2.05, 4.69) is 17.6 Å². The van der Waals surface area contributed by atoms with Crippen molar-refractivity contribution in [3.05, 3.63) is 0 Å². The van der Waals surface area contributed by atoms with E-state index in [0.29, 0.717) is 19.3 Å². The average Bonchev–Trinajstić information content (AvgIpc) is 2.80. The molecule has 1 saturated heterocycles. The third-order valence-electron chi connectivity index (χ3n) is 3.19. The number of hydrogen-bond donors (Lipinski definition) is 2. The fourth-order valence-corrected chi connectivity index (χ4v) is 2.24. The number of nitrogens with one attached hydrogen (secondary N) is 2. The van der Waals surface area contributed by atoms with Crippen molar-refractivity contribution in [1.29, 1.82) is 0 Å². The molecular formula is C13H28N2O2. The average molecular weight is 244 g/mol. The highest BCUT2D eigenvalue weighted by molar-refractivity contribution is 4.78. The molecule has 2 N–H and O–H groups in total. The Balaban J connectivity index is 1.84. The SMILES string of the molecule is COCCOCCCNC(C)CC1CCCN1. The van der Waals surface area contributed by atoms with Crippen molar-refractivity contribution in [1.82, 2.24) is 10.6 Å². The minimum Gasteiger partial charge on any atom is -0.382 e. The van der Waals surface area contributed by atoms with Crippen LogP contribution in [0.3, 0.4) is 0 Å². The highest BCUT2D eigenvalue weighted by atomic mass is 16.5. The maximum Gasteiger partial charge on any atom is 0.0700 e. The molecule has 1 aliphatic rings. The van der Waals surface area contributed by atoms with Gasteiger partial charge in [0.05, 0.1) is 13.2 Å². The van der Waals surface area contributed by atoms with Crippen molar-refractivity contribution in [3.63, 3.8) is 0 Å². The van der Waals surface area contributed by atoms with E-state index < -0.39 is 0 Å². The van der Waals surface area contributed by atoms with Crippen molar-refractivity contribution < 1.29 is 9.47 Å². The molecule has 1 aliphatic heterocycles. The summed E-state index contributed by atoms with van der Waals surface area (Å²) < 4.78 is 10.3. The summed E-state index contributed by atoms with van der Waals surface area (Å²) in [7, 11) is 1.70. The van der Waals surface area contributed by atoms with E-state index >= 15 is 0 Å². The first-order valence-electron chi connectivity index (χ1n) is 6.86. The van der Waals surface area contributed by atoms with E-state index in [9.17, 15) is 0 Å². The molecule has 4 heteroatoms. The second-order valence-electron chi connectivity index (χ2n) is 4.84. The van der Waals surface area contributed by atoms with Crippen LogP contribution in [0, 0.1) is 0 Å². The van der Waals surface area contributed by atoms with Gasteiger partial charge in [0.1, 0.15) is 0 Å². The minimum absolute atomic E-state index is 0.601. The summed E-state index contributed by atoms with van der Waals surface area (Å²) in [5.74, 6) is 0. The van der Waals surface area contributed by atoms with E-state index in [4.69, 9.17) is 9.47 Å². The van der Waals surface area contributed by atoms with Gasteiger partial charge in [-0.15, -0.1) is 0 Å². The highest BCUT2D eigenvalue weighted by Gasteiger charge is 2.16. The molecule has 1 fully saturated rings. The van der Waals surface area contributed by atoms with Crippen LogP contribution < -0.4 is 10.6 Å². The largest absolute Gasteiger partial charge is 0.382 e. The molecule has 17 heavy (non-hydrogen) atoms. The quantitative estimate of drug-likeness (QED) is 0.566. The van der Waals surface area contributed by atoms with Crippen LogP contribution in [0.4, 0.5) is 0 Å². The normalized spacial score (nSPS) is 21.9. The molecule has 0 bridgehead atoms. The Morgan fingerprint density at radius 2 is 2.24 bits per heavy atom. The molecule has 2 unspecified atom stereocenters. The van der Waals surface area contributed by atoms with Crippen LogP contribution in [-0.2, 0) is 9.47 Å². The van der Waals surface area contributed by atoms with Gasteiger partial charge in [-0.05, 0) is 45.7 Å². The topological polar surface area (TPSA) is 42.5 Å². The number of rotatable bonds is 10. The van der Waals surface area contributed by atoms with E-state index in [1.165, 1.54) is 25.8 Å². The minimum atomic E-state index is 0.601. The van der Waals surface area contributed by atoms with Crippen LogP contribution >= 0.6 is 0 Å². The third-order valence-corrected chi connectivity index (χ3v) is 3.19. The Morgan fingerprint density at radius 1 is 1.35 bits per heavy atom. The van der Waals surface area contributed by atoms with Crippen molar-refractivity contribution >= 4 is 0 Å². The van der Waals surface area contributed by atoms with Gasteiger partial charge in [-0.25, -0.2) is 0 Å². The van der Waals surface area contributed by atoms with Crippen molar-refractivity contribution in [2.75, 3.05) is 40.0 Å². The van der Waals surface area contributed by atoms with Gasteiger partial charge in [-0.2, -0.15) is 0 Å². The predicted molar refractivity (Wildman–Crippen MR) is 70.4 cm³/mol. The van der Waals surface area contributed by atoms with E-state index in [0.717, 1.165) is 25.6 Å². The van der Waals surface area contributed by atoms with Gasteiger partial charge >= 0.3 is 0 Å². The molecule has 2 atom stereocenters. The van der Waals surface area contributed by atoms with Gasteiger partial charge < -0.3 is 20.1 Å². The predicted octanol–water partition coefficient (Wildman–Crippen LogP) is 1.16. The first-order valence-corrected chi connectivity index (χ1v) is 6.86. The maximum atomic E-state index is 5.41. The van der Waals surface area contributed by atoms with Crippen molar-refractivity contribution in [2.45, 2.75) is 44.7 Å². The summed E-state index contributed by atoms with van der Waals surface area (Å²) in [5.41, 5.74) is 0. The van der Waals surface area contributed by atoms with Crippen LogP contribution in [0.5, 0.6) is 0 Å². The zero-order valence-corrected chi connectivity index (χ0v) is 11.3. The summed E-state index contributed by atoms with van der Waals surface area (Å²) >= 11 is 0. The lowest BCUT2D eigenvalue weighted by Crippen LogP contribution is -2.34. The van der Waals surface area contributed by atoms with Gasteiger partial charge in [-0.3, -0.25) is 0 Å². The zero-order valence-electron chi connectivity index (χ0n) is 11.3. The molecule has 1 heterocycles. The molecule has 0 aliphatic carbocycles. The maximum absolute atomic E-state index is 5.41. The molecule has 0 aromatic rings. The number of methoxy groups -OCH3 is 1. The lowest BCUT2D eigenvalue weighted by molar-refractivity contribution is 0.0692. The van der Waals surface area contributed by atoms with Crippen LogP contribution in [0.25, 0.3) is 0 Å². The lowest BCUT2D eigenvalue weighted by atomic mass is 10.1. The fraction of sp³-hybridized carbons (Fsp3) is 1.00. The number of hydrogen-bond acceptors (Lipinski definition) is 4. The molecule has 0 spiro atoms. The summed E-state index contributed by atoms with van der Waals surface area (Å²) in [6.45, 7) is 6.73. The van der Waals surface area contributed by atoms with Crippen LogP contribution in [0.1, 0.15) is 32.6 Å². The Bertz CT molecular complexity index is 173. The first-order chi connectivity index (χ1) is 8.33. The summed E-state index contributed by atoms with van der Waals surface area (Å²) in [5, 5.41) is 7.08. The summed E-state index contributed by atoms with van der Waals surface area (Å²) in [6.07, 6.45) is 4.99. The Hall–Kier alpha value is -0.160. The second-order valence-corrected chi connectivity index (χ2v) is 4.84. The van der Waals surface area contributed by atoms with Gasteiger partial charge in [0, 0.05) is 25.8 Å². The second kappa shape index (κ2) is 9.83. The summed E-state index contributed by atoms with van der Waals surface area (Å²) in [6, 6.07) is 1.33. The van der Waals surface area contributed by atoms with E-state index in [1.54, 1.807) is 7.11 Å². The van der Waals surface area contributed by atoms with Gasteiger partial charge in [0.15, 0.2) is 0 Å². The van der Waals surface area contributed by atoms with Crippen LogP contribution in [0.2, 0.25) is 0 Å². The third kappa shape index (κ3) is 7.71. The monoisotopic (exact) mass is 244 g/mol. The van der Waals surface area contributed by atoms with Crippen LogP contribution in [-0.4, -0.2) is 52.1 Å². The Labute approximate surface area is 105 Å². The molecule has 0 aromatic carbocycles. The highest BCUT2D eigenvalue weighted by Crippen LogP contribution is 2.10. The lowest BCUT2D eigenvalue weighted by Gasteiger charge is -2.18. The van der Waals surface area contributed by atoms with Gasteiger partial charge in [0.25, 0.3) is 0 Å². The smallest absolute Gasteiger partial charge is 0.0700 e. The summed E-state index contributed by atoms with van der Waals surface area (Å²) in [4.78, 5) is 0. The molecule has 102 valence electrons. The molecule has 0 amide bonds. The van der Waals surface area contributed by atoms with Gasteiger partial charge in [0.2, 0.25) is 0 Å². The van der Waals surface area contributed by atoms with Crippen molar-refractivity contribution in [2.24, 2.45) is 0 Å². The molecule has 1 rings (SSSR count). The fourth-order valence-electron chi connectivity index (χ4n) is 2.24. The van der Waals surface area contributed by atoms with E-state index in [-0.39, 0.29) is 0 Å². The van der Waals surface area contributed by atoms with Gasteiger partial charge in [-0.1, -0.05) is 0 Å². The first kappa shape index (κ1) is 14.9. The molecule has 0 aromatic heterocycles. The zero-order chi connectivity index (χ0) is 12.3. The Kier molecular flexibility index (Phi) is 8.61. The molecular weight excluding hydrogens is 216 g/mol. The Morgan fingerprint density at radius 3 is 2.94 bits per heavy atom. The molecule has 4 nitrogen and oxygen atoms in total. The molecule has 0 radical (unpaired) electrons. The standard InChI is InChI=1S/C13H28N2O2/c1-12(11-13-5-3-6-15-13)14-7-4-8-17-10-9-16-2/h12-15H,3-11H2,1-2H3.